The van der Waals surface area contributed by atoms with Crippen LogP contribution in [0.5, 0.6) is 5.75 Å². The van der Waals surface area contributed by atoms with Gasteiger partial charge < -0.3 is 14.5 Å². The number of hydrogen-bond donors (Lipinski definition) is 0. The Labute approximate surface area is 162 Å². The SMILES string of the molecule is CN(Cc1ccc(OC(F)F)cc1)C(=O)c1cccc(CN2CCCC2=O)c1. The van der Waals surface area contributed by atoms with Crippen molar-refractivity contribution in [2.75, 3.05) is 13.6 Å². The average molecular weight is 388 g/mol. The summed E-state index contributed by atoms with van der Waals surface area (Å²) in [6.45, 7) is -1.27. The second-order valence-corrected chi connectivity index (χ2v) is 6.80. The summed E-state index contributed by atoms with van der Waals surface area (Å²) >= 11 is 0. The monoisotopic (exact) mass is 388 g/mol. The number of alkyl halides is 2. The van der Waals surface area contributed by atoms with E-state index < -0.39 is 6.61 Å². The summed E-state index contributed by atoms with van der Waals surface area (Å²) in [5.74, 6) is 0.0764. The number of benzene rings is 2. The van der Waals surface area contributed by atoms with Gasteiger partial charge in [-0.15, -0.1) is 0 Å². The minimum Gasteiger partial charge on any atom is -0.435 e. The number of hydrogen-bond acceptors (Lipinski definition) is 3. The summed E-state index contributed by atoms with van der Waals surface area (Å²) in [4.78, 5) is 27.9. The van der Waals surface area contributed by atoms with Crippen molar-refractivity contribution in [3.8, 4) is 5.75 Å². The lowest BCUT2D eigenvalue weighted by Crippen LogP contribution is -2.27. The van der Waals surface area contributed by atoms with Gasteiger partial charge in [-0.1, -0.05) is 24.3 Å². The number of halogens is 2. The van der Waals surface area contributed by atoms with E-state index in [2.05, 4.69) is 4.74 Å². The number of nitrogens with zero attached hydrogens (tertiary/aromatic N) is 2. The number of rotatable bonds is 7. The van der Waals surface area contributed by atoms with Gasteiger partial charge in [-0.3, -0.25) is 9.59 Å². The quantitative estimate of drug-likeness (QED) is 0.727. The molecule has 0 spiro atoms. The molecule has 1 heterocycles. The van der Waals surface area contributed by atoms with Gasteiger partial charge in [-0.05, 0) is 41.8 Å². The average Bonchev–Trinajstić information content (AvgIpc) is 3.07. The molecule has 0 bridgehead atoms. The van der Waals surface area contributed by atoms with Crippen LogP contribution in [0.2, 0.25) is 0 Å². The first kappa shape index (κ1) is 19.8. The molecule has 2 aromatic carbocycles. The second-order valence-electron chi connectivity index (χ2n) is 6.80. The fraction of sp³-hybridized carbons (Fsp3) is 0.333. The zero-order valence-electron chi connectivity index (χ0n) is 15.6. The highest BCUT2D eigenvalue weighted by molar-refractivity contribution is 5.94. The Bertz CT molecular complexity index is 840. The van der Waals surface area contributed by atoms with Crippen LogP contribution >= 0.6 is 0 Å². The van der Waals surface area contributed by atoms with Crippen molar-refractivity contribution < 1.29 is 23.1 Å². The Morgan fingerprint density at radius 1 is 1.18 bits per heavy atom. The lowest BCUT2D eigenvalue weighted by molar-refractivity contribution is -0.128. The molecular weight excluding hydrogens is 366 g/mol. The van der Waals surface area contributed by atoms with Gasteiger partial charge in [0.05, 0.1) is 0 Å². The van der Waals surface area contributed by atoms with Crippen molar-refractivity contribution in [1.82, 2.24) is 9.80 Å². The van der Waals surface area contributed by atoms with Gasteiger partial charge in [0.15, 0.2) is 0 Å². The number of likely N-dealkylation sites (tertiary alicyclic amines) is 1. The zero-order valence-corrected chi connectivity index (χ0v) is 15.6. The second kappa shape index (κ2) is 8.82. The van der Waals surface area contributed by atoms with Crippen molar-refractivity contribution in [3.05, 3.63) is 65.2 Å². The summed E-state index contributed by atoms with van der Waals surface area (Å²) < 4.78 is 28.7. The van der Waals surface area contributed by atoms with Crippen LogP contribution < -0.4 is 4.74 Å². The molecule has 7 heteroatoms. The highest BCUT2D eigenvalue weighted by atomic mass is 19.3. The first-order valence-electron chi connectivity index (χ1n) is 9.08. The van der Waals surface area contributed by atoms with E-state index in [1.54, 1.807) is 35.0 Å². The molecule has 0 aromatic heterocycles. The fourth-order valence-corrected chi connectivity index (χ4v) is 3.24. The van der Waals surface area contributed by atoms with E-state index in [4.69, 9.17) is 0 Å². The molecule has 5 nitrogen and oxygen atoms in total. The van der Waals surface area contributed by atoms with Crippen LogP contribution in [0.4, 0.5) is 8.78 Å². The van der Waals surface area contributed by atoms with Crippen molar-refractivity contribution in [3.63, 3.8) is 0 Å². The van der Waals surface area contributed by atoms with E-state index in [0.29, 0.717) is 25.1 Å². The number of amides is 2. The van der Waals surface area contributed by atoms with Crippen molar-refractivity contribution in [2.45, 2.75) is 32.5 Å². The Hall–Kier alpha value is -2.96. The summed E-state index contributed by atoms with van der Waals surface area (Å²) in [5.41, 5.74) is 2.27. The van der Waals surface area contributed by atoms with Gasteiger partial charge in [-0.25, -0.2) is 0 Å². The molecule has 28 heavy (non-hydrogen) atoms. The molecule has 1 aliphatic heterocycles. The van der Waals surface area contributed by atoms with Crippen molar-refractivity contribution in [2.24, 2.45) is 0 Å². The summed E-state index contributed by atoms with van der Waals surface area (Å²) in [7, 11) is 1.68. The van der Waals surface area contributed by atoms with Crippen LogP contribution in [0.15, 0.2) is 48.5 Å². The van der Waals surface area contributed by atoms with Crippen LogP contribution in [0, 0.1) is 0 Å². The number of ether oxygens (including phenoxy) is 1. The normalized spacial score (nSPS) is 13.9. The van der Waals surface area contributed by atoms with E-state index >= 15 is 0 Å². The van der Waals surface area contributed by atoms with Crippen molar-refractivity contribution >= 4 is 11.8 Å². The molecule has 0 atom stereocenters. The molecule has 0 aliphatic carbocycles. The zero-order chi connectivity index (χ0) is 20.1. The number of carbonyl (C=O) groups excluding carboxylic acids is 2. The third kappa shape index (κ3) is 5.06. The van der Waals surface area contributed by atoms with Gasteiger partial charge in [0, 0.05) is 38.7 Å². The first-order chi connectivity index (χ1) is 13.4. The minimum atomic E-state index is -2.86. The predicted molar refractivity (Wildman–Crippen MR) is 100.0 cm³/mol. The lowest BCUT2D eigenvalue weighted by atomic mass is 10.1. The molecule has 148 valence electrons. The van der Waals surface area contributed by atoms with Crippen molar-refractivity contribution in [1.29, 1.82) is 0 Å². The lowest BCUT2D eigenvalue weighted by Gasteiger charge is -2.19. The predicted octanol–water partition coefficient (Wildman–Crippen LogP) is 3.68. The molecule has 3 rings (SSSR count). The largest absolute Gasteiger partial charge is 0.435 e. The van der Waals surface area contributed by atoms with Crippen LogP contribution in [-0.2, 0) is 17.9 Å². The Kier molecular flexibility index (Phi) is 6.23. The maximum atomic E-state index is 12.7. The van der Waals surface area contributed by atoms with Gasteiger partial charge in [0.2, 0.25) is 5.91 Å². The molecule has 0 saturated carbocycles. The van der Waals surface area contributed by atoms with E-state index in [-0.39, 0.29) is 17.6 Å². The van der Waals surface area contributed by atoms with Crippen LogP contribution in [0.3, 0.4) is 0 Å². The smallest absolute Gasteiger partial charge is 0.387 e. The van der Waals surface area contributed by atoms with E-state index in [9.17, 15) is 18.4 Å². The Morgan fingerprint density at radius 3 is 2.57 bits per heavy atom. The molecule has 0 radical (unpaired) electrons. The molecule has 1 saturated heterocycles. The fourth-order valence-electron chi connectivity index (χ4n) is 3.24. The molecular formula is C21H22F2N2O3. The van der Waals surface area contributed by atoms with E-state index in [1.165, 1.54) is 12.1 Å². The Balaban J connectivity index is 1.62. The van der Waals surface area contributed by atoms with Gasteiger partial charge in [0.1, 0.15) is 5.75 Å². The molecule has 0 N–H and O–H groups in total. The Morgan fingerprint density at radius 2 is 1.93 bits per heavy atom. The third-order valence-corrected chi connectivity index (χ3v) is 4.63. The highest BCUT2D eigenvalue weighted by Crippen LogP contribution is 2.18. The summed E-state index contributed by atoms with van der Waals surface area (Å²) in [6.07, 6.45) is 1.46. The molecule has 1 fully saturated rings. The summed E-state index contributed by atoms with van der Waals surface area (Å²) in [5, 5.41) is 0. The molecule has 0 unspecified atom stereocenters. The third-order valence-electron chi connectivity index (χ3n) is 4.63. The standard InChI is InChI=1S/C21H22F2N2O3/c1-24(13-15-7-9-18(10-8-15)28-21(22)23)20(27)17-5-2-4-16(12-17)14-25-11-3-6-19(25)26/h2,4-5,7-10,12,21H,3,6,11,13-14H2,1H3. The molecule has 2 amide bonds. The maximum Gasteiger partial charge on any atom is 0.387 e. The van der Waals surface area contributed by atoms with Gasteiger partial charge in [-0.2, -0.15) is 8.78 Å². The van der Waals surface area contributed by atoms with Crippen LogP contribution in [0.1, 0.15) is 34.3 Å². The van der Waals surface area contributed by atoms with Crippen LogP contribution in [0.25, 0.3) is 0 Å². The van der Waals surface area contributed by atoms with Crippen LogP contribution in [-0.4, -0.2) is 41.8 Å². The minimum absolute atomic E-state index is 0.0805. The first-order valence-corrected chi connectivity index (χ1v) is 9.08. The maximum absolute atomic E-state index is 12.7. The van der Waals surface area contributed by atoms with Gasteiger partial charge in [0.25, 0.3) is 5.91 Å². The van der Waals surface area contributed by atoms with Gasteiger partial charge >= 0.3 is 6.61 Å². The summed E-state index contributed by atoms with van der Waals surface area (Å²) in [6, 6.07) is 13.5. The van der Waals surface area contributed by atoms with E-state index in [0.717, 1.165) is 24.1 Å². The topological polar surface area (TPSA) is 49.9 Å². The van der Waals surface area contributed by atoms with E-state index in [1.807, 2.05) is 18.2 Å². The number of carbonyl (C=O) groups is 2. The highest BCUT2D eigenvalue weighted by Gasteiger charge is 2.20. The molecule has 2 aromatic rings. The molecule has 1 aliphatic rings.